The molecule has 0 aromatic rings. The first-order chi connectivity index (χ1) is 6.13. The lowest BCUT2D eigenvalue weighted by molar-refractivity contribution is 0.461. The normalized spacial score (nSPS) is 29.3. The van der Waals surface area contributed by atoms with Crippen LogP contribution in [0.5, 0.6) is 0 Å². The molecule has 3 atom stereocenters. The van der Waals surface area contributed by atoms with Gasteiger partial charge in [-0.2, -0.15) is 0 Å². The SMILES string of the molecule is CCC1CC1NCC(N)CC(C)C. The largest absolute Gasteiger partial charge is 0.327 e. The summed E-state index contributed by atoms with van der Waals surface area (Å²) < 4.78 is 0. The van der Waals surface area contributed by atoms with E-state index in [0.29, 0.717) is 6.04 Å². The molecule has 0 aromatic carbocycles. The van der Waals surface area contributed by atoms with Gasteiger partial charge < -0.3 is 11.1 Å². The summed E-state index contributed by atoms with van der Waals surface area (Å²) in [5.74, 6) is 1.66. The molecular weight excluding hydrogens is 160 g/mol. The Labute approximate surface area is 82.3 Å². The van der Waals surface area contributed by atoms with Gasteiger partial charge in [0.2, 0.25) is 0 Å². The first kappa shape index (κ1) is 11.0. The first-order valence-electron chi connectivity index (χ1n) is 5.62. The van der Waals surface area contributed by atoms with Gasteiger partial charge in [-0.05, 0) is 24.7 Å². The molecule has 0 amide bonds. The van der Waals surface area contributed by atoms with Crippen molar-refractivity contribution >= 4 is 0 Å². The van der Waals surface area contributed by atoms with Crippen LogP contribution in [0.3, 0.4) is 0 Å². The van der Waals surface area contributed by atoms with Crippen LogP contribution in [0.1, 0.15) is 40.0 Å². The van der Waals surface area contributed by atoms with Crippen molar-refractivity contribution in [2.75, 3.05) is 6.54 Å². The van der Waals surface area contributed by atoms with E-state index in [1.807, 2.05) is 0 Å². The highest BCUT2D eigenvalue weighted by atomic mass is 15.0. The van der Waals surface area contributed by atoms with Crippen molar-refractivity contribution < 1.29 is 0 Å². The molecule has 1 aliphatic carbocycles. The highest BCUT2D eigenvalue weighted by molar-refractivity contribution is 4.92. The topological polar surface area (TPSA) is 38.0 Å². The Morgan fingerprint density at radius 1 is 1.46 bits per heavy atom. The predicted molar refractivity (Wildman–Crippen MR) is 57.6 cm³/mol. The van der Waals surface area contributed by atoms with Crippen LogP contribution in [-0.4, -0.2) is 18.6 Å². The zero-order valence-electron chi connectivity index (χ0n) is 9.22. The third-order valence-corrected chi connectivity index (χ3v) is 2.86. The van der Waals surface area contributed by atoms with Crippen molar-refractivity contribution in [2.24, 2.45) is 17.6 Å². The summed E-state index contributed by atoms with van der Waals surface area (Å²) in [5.41, 5.74) is 5.98. The first-order valence-corrected chi connectivity index (χ1v) is 5.62. The number of rotatable bonds is 6. The number of nitrogens with two attached hydrogens (primary N) is 1. The van der Waals surface area contributed by atoms with Gasteiger partial charge in [0.15, 0.2) is 0 Å². The smallest absolute Gasteiger partial charge is 0.0167 e. The molecular formula is C11H24N2. The summed E-state index contributed by atoms with van der Waals surface area (Å²) in [5, 5.41) is 3.54. The molecule has 13 heavy (non-hydrogen) atoms. The fourth-order valence-corrected chi connectivity index (χ4v) is 1.94. The van der Waals surface area contributed by atoms with Crippen LogP contribution in [0.2, 0.25) is 0 Å². The van der Waals surface area contributed by atoms with Crippen molar-refractivity contribution in [2.45, 2.75) is 52.1 Å². The number of hydrogen-bond donors (Lipinski definition) is 2. The summed E-state index contributed by atoms with van der Waals surface area (Å²) in [6.07, 6.45) is 3.82. The van der Waals surface area contributed by atoms with Crippen LogP contribution in [0.4, 0.5) is 0 Å². The Morgan fingerprint density at radius 3 is 2.62 bits per heavy atom. The van der Waals surface area contributed by atoms with E-state index in [9.17, 15) is 0 Å². The highest BCUT2D eigenvalue weighted by Crippen LogP contribution is 2.32. The molecule has 1 aliphatic rings. The number of nitrogens with one attached hydrogen (secondary N) is 1. The monoisotopic (exact) mass is 184 g/mol. The van der Waals surface area contributed by atoms with Crippen LogP contribution in [-0.2, 0) is 0 Å². The van der Waals surface area contributed by atoms with Gasteiger partial charge in [0.1, 0.15) is 0 Å². The summed E-state index contributed by atoms with van der Waals surface area (Å²) in [7, 11) is 0. The molecule has 0 aromatic heterocycles. The molecule has 1 fully saturated rings. The molecule has 2 heteroatoms. The van der Waals surface area contributed by atoms with E-state index in [-0.39, 0.29) is 0 Å². The van der Waals surface area contributed by atoms with E-state index in [2.05, 4.69) is 26.1 Å². The molecule has 3 unspecified atom stereocenters. The Morgan fingerprint density at radius 2 is 2.15 bits per heavy atom. The molecule has 1 saturated carbocycles. The third kappa shape index (κ3) is 4.10. The van der Waals surface area contributed by atoms with Crippen molar-refractivity contribution in [3.05, 3.63) is 0 Å². The second-order valence-electron chi connectivity index (χ2n) is 4.81. The second-order valence-corrected chi connectivity index (χ2v) is 4.81. The van der Waals surface area contributed by atoms with Crippen molar-refractivity contribution in [1.82, 2.24) is 5.32 Å². The molecule has 0 spiro atoms. The van der Waals surface area contributed by atoms with Gasteiger partial charge in [-0.1, -0.05) is 27.2 Å². The lowest BCUT2D eigenvalue weighted by Gasteiger charge is -2.14. The standard InChI is InChI=1S/C11H24N2/c1-4-9-6-11(9)13-7-10(12)5-8(2)3/h8-11,13H,4-7,12H2,1-3H3. The third-order valence-electron chi connectivity index (χ3n) is 2.86. The highest BCUT2D eigenvalue weighted by Gasteiger charge is 2.34. The van der Waals surface area contributed by atoms with Gasteiger partial charge in [-0.25, -0.2) is 0 Å². The fourth-order valence-electron chi connectivity index (χ4n) is 1.94. The molecule has 2 nitrogen and oxygen atoms in total. The summed E-state index contributed by atoms with van der Waals surface area (Å²) >= 11 is 0. The van der Waals surface area contributed by atoms with Crippen LogP contribution in [0, 0.1) is 11.8 Å². The number of hydrogen-bond acceptors (Lipinski definition) is 2. The lowest BCUT2D eigenvalue weighted by Crippen LogP contribution is -2.36. The Bertz CT molecular complexity index is 145. The predicted octanol–water partition coefficient (Wildman–Crippen LogP) is 1.75. The van der Waals surface area contributed by atoms with Crippen molar-refractivity contribution in [3.8, 4) is 0 Å². The minimum absolute atomic E-state index is 0.345. The van der Waals surface area contributed by atoms with Crippen LogP contribution >= 0.6 is 0 Å². The Balaban J connectivity index is 1.99. The van der Waals surface area contributed by atoms with E-state index < -0.39 is 0 Å². The quantitative estimate of drug-likeness (QED) is 0.660. The molecule has 0 bridgehead atoms. The van der Waals surface area contributed by atoms with Gasteiger partial charge in [0.25, 0.3) is 0 Å². The Hall–Kier alpha value is -0.0800. The average molecular weight is 184 g/mol. The van der Waals surface area contributed by atoms with E-state index in [1.165, 1.54) is 12.8 Å². The minimum atomic E-state index is 0.345. The second kappa shape index (κ2) is 4.97. The maximum absolute atomic E-state index is 5.98. The minimum Gasteiger partial charge on any atom is -0.327 e. The van der Waals surface area contributed by atoms with Gasteiger partial charge in [0.05, 0.1) is 0 Å². The molecule has 78 valence electrons. The van der Waals surface area contributed by atoms with Crippen LogP contribution in [0.15, 0.2) is 0 Å². The van der Waals surface area contributed by atoms with Crippen LogP contribution < -0.4 is 11.1 Å². The molecule has 0 radical (unpaired) electrons. The Kier molecular flexibility index (Phi) is 4.20. The van der Waals surface area contributed by atoms with Gasteiger partial charge in [-0.15, -0.1) is 0 Å². The molecule has 0 heterocycles. The zero-order chi connectivity index (χ0) is 9.84. The zero-order valence-corrected chi connectivity index (χ0v) is 9.22. The van der Waals surface area contributed by atoms with Crippen molar-refractivity contribution in [1.29, 1.82) is 0 Å². The van der Waals surface area contributed by atoms with E-state index in [4.69, 9.17) is 5.73 Å². The van der Waals surface area contributed by atoms with E-state index in [0.717, 1.165) is 30.8 Å². The van der Waals surface area contributed by atoms with E-state index >= 15 is 0 Å². The van der Waals surface area contributed by atoms with Gasteiger partial charge in [-0.3, -0.25) is 0 Å². The molecule has 0 aliphatic heterocycles. The molecule has 0 saturated heterocycles. The summed E-state index contributed by atoms with van der Waals surface area (Å²) in [4.78, 5) is 0. The van der Waals surface area contributed by atoms with Crippen LogP contribution in [0.25, 0.3) is 0 Å². The lowest BCUT2D eigenvalue weighted by atomic mass is 10.0. The average Bonchev–Trinajstić information content (AvgIpc) is 2.78. The molecule has 1 rings (SSSR count). The van der Waals surface area contributed by atoms with Crippen molar-refractivity contribution in [3.63, 3.8) is 0 Å². The van der Waals surface area contributed by atoms with Gasteiger partial charge >= 0.3 is 0 Å². The fraction of sp³-hybridized carbons (Fsp3) is 1.00. The van der Waals surface area contributed by atoms with E-state index in [1.54, 1.807) is 0 Å². The maximum Gasteiger partial charge on any atom is 0.0167 e. The maximum atomic E-state index is 5.98. The molecule has 3 N–H and O–H groups in total. The van der Waals surface area contributed by atoms with Gasteiger partial charge in [0, 0.05) is 18.6 Å². The summed E-state index contributed by atoms with van der Waals surface area (Å²) in [6.45, 7) is 7.72. The summed E-state index contributed by atoms with van der Waals surface area (Å²) in [6, 6.07) is 1.13.